The maximum atomic E-state index is 15.0. The fourth-order valence-electron chi connectivity index (χ4n) is 6.95. The largest absolute Gasteiger partial charge is 0.508 e. The molecule has 330 valence electrons. The number of imidazole rings is 1. The van der Waals surface area contributed by atoms with Crippen LogP contribution in [-0.2, 0) is 39.3 Å². The minimum atomic E-state index is -4.59. The summed E-state index contributed by atoms with van der Waals surface area (Å²) in [5, 5.41) is 2.83. The number of ether oxygens (including phenoxy) is 4. The first-order valence-electron chi connectivity index (χ1n) is 21.1. The zero-order chi connectivity index (χ0) is 43.7. The Morgan fingerprint density at radius 3 is 2.34 bits per heavy atom. The van der Waals surface area contributed by atoms with E-state index in [1.54, 1.807) is 30.3 Å². The summed E-state index contributed by atoms with van der Waals surface area (Å²) in [6, 6.07) is 16.2. The van der Waals surface area contributed by atoms with E-state index in [0.717, 1.165) is 37.7 Å². The summed E-state index contributed by atoms with van der Waals surface area (Å²) in [7, 11) is -4.59. The van der Waals surface area contributed by atoms with Gasteiger partial charge in [-0.15, -0.1) is 6.42 Å². The molecule has 1 saturated heterocycles. The van der Waals surface area contributed by atoms with Gasteiger partial charge in [0.25, 0.3) is 0 Å². The smallest absolute Gasteiger partial charge is 0.464 e. The quantitative estimate of drug-likeness (QED) is 0.0211. The molecule has 0 spiro atoms. The SMILES string of the molecule is C#C[C@]1(CO[P@@](=O)(N[C@@H](Cc2ccccc2)C(=O)OCC(CC)CC)Oc2ccccc2)O[C@@H](n2cnc3c(N)nc(F)nc32)C[C@@H]1OC(=O)OCCCCCCCCCC. The molecule has 3 N–H and O–H groups in total. The van der Waals surface area contributed by atoms with Crippen LogP contribution in [0.1, 0.15) is 103 Å². The van der Waals surface area contributed by atoms with E-state index in [-0.39, 0.29) is 54.7 Å². The van der Waals surface area contributed by atoms with Crippen molar-refractivity contribution in [3.8, 4) is 18.1 Å². The van der Waals surface area contributed by atoms with Crippen molar-refractivity contribution < 1.29 is 46.5 Å². The normalized spacial score (nSPS) is 19.0. The molecule has 5 atom stereocenters. The summed E-state index contributed by atoms with van der Waals surface area (Å²) in [6.07, 6.45) is 13.0. The number of unbranched alkanes of at least 4 members (excludes halogenated alkanes) is 7. The molecule has 2 aromatic heterocycles. The fraction of sp³-hybridized carbons (Fsp3) is 0.523. The first kappa shape index (κ1) is 47.0. The second-order valence-corrected chi connectivity index (χ2v) is 16.8. The minimum Gasteiger partial charge on any atom is -0.464 e. The average molecular weight is 865 g/mol. The molecule has 61 heavy (non-hydrogen) atoms. The third-order valence-corrected chi connectivity index (χ3v) is 12.2. The molecule has 0 radical (unpaired) electrons. The highest BCUT2D eigenvalue weighted by Crippen LogP contribution is 2.49. The van der Waals surface area contributed by atoms with Gasteiger partial charge >= 0.3 is 25.9 Å². The molecule has 3 heterocycles. The Labute approximate surface area is 357 Å². The molecule has 17 heteroatoms. The van der Waals surface area contributed by atoms with Crippen LogP contribution in [-0.4, -0.2) is 69.2 Å². The molecule has 1 aliphatic rings. The zero-order valence-corrected chi connectivity index (χ0v) is 36.1. The number of fused-ring (bicyclic) bond motifs is 1. The number of carbonyl (C=O) groups is 2. The lowest BCUT2D eigenvalue weighted by Crippen LogP contribution is -2.46. The minimum absolute atomic E-state index is 0.00448. The van der Waals surface area contributed by atoms with Crippen molar-refractivity contribution in [2.24, 2.45) is 5.92 Å². The number of nitrogens with one attached hydrogen (secondary N) is 1. The van der Waals surface area contributed by atoms with Crippen molar-refractivity contribution in [2.75, 3.05) is 25.6 Å². The van der Waals surface area contributed by atoms with Crippen LogP contribution >= 0.6 is 7.75 Å². The van der Waals surface area contributed by atoms with Crippen LogP contribution in [0.5, 0.6) is 5.75 Å². The maximum absolute atomic E-state index is 15.0. The van der Waals surface area contributed by atoms with Crippen molar-refractivity contribution in [3.05, 3.63) is 78.6 Å². The van der Waals surface area contributed by atoms with Gasteiger partial charge in [-0.2, -0.15) is 19.4 Å². The Morgan fingerprint density at radius 1 is 1.00 bits per heavy atom. The second-order valence-electron chi connectivity index (χ2n) is 15.1. The molecule has 1 aliphatic heterocycles. The highest BCUT2D eigenvalue weighted by Gasteiger charge is 2.53. The predicted molar refractivity (Wildman–Crippen MR) is 228 cm³/mol. The number of para-hydroxylation sites is 1. The van der Waals surface area contributed by atoms with E-state index in [2.05, 4.69) is 32.9 Å². The number of hydrogen-bond acceptors (Lipinski definition) is 13. The highest BCUT2D eigenvalue weighted by molar-refractivity contribution is 7.52. The molecule has 2 aromatic carbocycles. The number of rotatable bonds is 25. The van der Waals surface area contributed by atoms with Crippen LogP contribution in [0.3, 0.4) is 0 Å². The first-order valence-corrected chi connectivity index (χ1v) is 22.7. The van der Waals surface area contributed by atoms with E-state index in [0.29, 0.717) is 6.42 Å². The summed E-state index contributed by atoms with van der Waals surface area (Å²) >= 11 is 0. The van der Waals surface area contributed by atoms with Gasteiger partial charge in [0.15, 0.2) is 28.7 Å². The maximum Gasteiger partial charge on any atom is 0.508 e. The number of nitrogens with zero attached hydrogens (tertiary/aromatic N) is 4. The Hall–Kier alpha value is -5.07. The van der Waals surface area contributed by atoms with Gasteiger partial charge in [-0.25, -0.2) is 14.3 Å². The van der Waals surface area contributed by atoms with Crippen molar-refractivity contribution >= 4 is 36.9 Å². The number of nitrogens with two attached hydrogens (primary N) is 1. The van der Waals surface area contributed by atoms with Gasteiger partial charge < -0.3 is 29.2 Å². The van der Waals surface area contributed by atoms with Crippen molar-refractivity contribution in [1.29, 1.82) is 0 Å². The van der Waals surface area contributed by atoms with Crippen LogP contribution in [0.2, 0.25) is 0 Å². The van der Waals surface area contributed by atoms with E-state index >= 15 is 4.57 Å². The van der Waals surface area contributed by atoms with Gasteiger partial charge in [0.2, 0.25) is 0 Å². The fourth-order valence-corrected chi connectivity index (χ4v) is 8.47. The topological polar surface area (TPSA) is 188 Å². The number of nitrogen functional groups attached to an aromatic ring is 1. The molecular weight excluding hydrogens is 806 g/mol. The number of benzene rings is 2. The molecular formula is C44H58FN6O9P. The van der Waals surface area contributed by atoms with E-state index in [4.69, 9.17) is 40.2 Å². The summed E-state index contributed by atoms with van der Waals surface area (Å²) < 4.78 is 66.5. The van der Waals surface area contributed by atoms with Crippen LogP contribution in [0.15, 0.2) is 67.0 Å². The number of aromatic nitrogens is 4. The average Bonchev–Trinajstić information content (AvgIpc) is 3.85. The van der Waals surface area contributed by atoms with Crippen LogP contribution < -0.4 is 15.3 Å². The number of hydrogen-bond donors (Lipinski definition) is 2. The van der Waals surface area contributed by atoms with Gasteiger partial charge in [-0.05, 0) is 36.5 Å². The van der Waals surface area contributed by atoms with E-state index in [1.165, 1.54) is 36.6 Å². The molecule has 1 fully saturated rings. The monoisotopic (exact) mass is 864 g/mol. The lowest BCUT2D eigenvalue weighted by molar-refractivity contribution is -0.147. The number of anilines is 1. The number of halogens is 1. The lowest BCUT2D eigenvalue weighted by atomic mass is 9.99. The number of esters is 1. The van der Waals surface area contributed by atoms with E-state index in [1.807, 2.05) is 44.2 Å². The molecule has 5 rings (SSSR count). The van der Waals surface area contributed by atoms with Crippen LogP contribution in [0.4, 0.5) is 15.0 Å². The number of carbonyl (C=O) groups excluding carboxylic acids is 2. The Morgan fingerprint density at radius 2 is 1.67 bits per heavy atom. The first-order chi connectivity index (χ1) is 29.5. The third kappa shape index (κ3) is 13.5. The standard InChI is InChI=1S/C44H58FN6O9P/c1-5-9-10-11-12-13-14-21-26-55-43(53)58-36-28-37(51-31-47-38-39(46)48-42(45)49-40(38)51)59-44(36,8-4)30-57-61(54,60-34-24-19-16-20-25-34)50-35(27-33-22-17-15-18-23-33)41(52)56-29-32(6-2)7-3/h4,15-20,22-25,31-32,35-37H,5-7,9-14,21,26-30H2,1-3H3,(H,50,54)(H2,46,48,49)/t35-,36-,37+,44+,61-/m0/s1. The van der Waals surface area contributed by atoms with Gasteiger partial charge in [0, 0.05) is 6.42 Å². The molecule has 0 aliphatic carbocycles. The van der Waals surface area contributed by atoms with Crippen LogP contribution in [0, 0.1) is 24.3 Å². The third-order valence-electron chi connectivity index (χ3n) is 10.6. The summed E-state index contributed by atoms with van der Waals surface area (Å²) in [5.74, 6) is 1.98. The van der Waals surface area contributed by atoms with Gasteiger partial charge in [0.1, 0.15) is 24.6 Å². The highest BCUT2D eigenvalue weighted by atomic mass is 31.2. The van der Waals surface area contributed by atoms with E-state index < -0.39 is 56.5 Å². The summed E-state index contributed by atoms with van der Waals surface area (Å²) in [5.41, 5.74) is 4.83. The van der Waals surface area contributed by atoms with Gasteiger partial charge in [-0.1, -0.05) is 133 Å². The number of terminal acetylenes is 1. The van der Waals surface area contributed by atoms with Crippen molar-refractivity contribution in [1.82, 2.24) is 24.6 Å². The summed E-state index contributed by atoms with van der Waals surface area (Å²) in [4.78, 5) is 38.7. The Kier molecular flexibility index (Phi) is 17.9. The molecule has 0 amide bonds. The van der Waals surface area contributed by atoms with Crippen molar-refractivity contribution in [2.45, 2.75) is 122 Å². The van der Waals surface area contributed by atoms with Crippen LogP contribution in [0.25, 0.3) is 11.2 Å². The lowest BCUT2D eigenvalue weighted by Gasteiger charge is -2.31. The second kappa shape index (κ2) is 23.2. The molecule has 4 aromatic rings. The molecule has 0 saturated carbocycles. The van der Waals surface area contributed by atoms with Gasteiger partial charge in [-0.3, -0.25) is 13.9 Å². The molecule has 0 bridgehead atoms. The Balaban J connectivity index is 1.41. The Bertz CT molecular complexity index is 2080. The predicted octanol–water partition coefficient (Wildman–Crippen LogP) is 8.89. The van der Waals surface area contributed by atoms with Gasteiger partial charge in [0.05, 0.1) is 19.5 Å². The molecule has 15 nitrogen and oxygen atoms in total. The zero-order valence-electron chi connectivity index (χ0n) is 35.2. The summed E-state index contributed by atoms with van der Waals surface area (Å²) in [6.45, 7) is 5.80. The molecule has 0 unspecified atom stereocenters. The van der Waals surface area contributed by atoms with Crippen molar-refractivity contribution in [3.63, 3.8) is 0 Å². The van der Waals surface area contributed by atoms with E-state index in [9.17, 15) is 14.0 Å².